The monoisotopic (exact) mass is 399 g/mol. The van der Waals surface area contributed by atoms with Gasteiger partial charge in [-0.05, 0) is 35.9 Å². The van der Waals surface area contributed by atoms with Gasteiger partial charge in [0, 0.05) is 36.6 Å². The fraction of sp³-hybridized carbons (Fsp3) is 0.143. The van der Waals surface area contributed by atoms with Gasteiger partial charge in [-0.25, -0.2) is 0 Å². The van der Waals surface area contributed by atoms with E-state index in [4.69, 9.17) is 23.2 Å². The lowest BCUT2D eigenvalue weighted by molar-refractivity contribution is -0.119. The van der Waals surface area contributed by atoms with E-state index in [1.807, 2.05) is 65.6 Å². The highest BCUT2D eigenvalue weighted by Gasteiger charge is 2.22. The molecule has 0 saturated carbocycles. The topological polar surface area (TPSA) is 45.2 Å². The van der Waals surface area contributed by atoms with Crippen LogP contribution in [0.2, 0.25) is 10.0 Å². The molecule has 1 aromatic heterocycles. The molecular weight excluding hydrogens is 381 g/mol. The first-order chi connectivity index (χ1) is 13.1. The van der Waals surface area contributed by atoms with Crippen molar-refractivity contribution in [2.45, 2.75) is 13.0 Å². The van der Waals surface area contributed by atoms with Gasteiger partial charge >= 0.3 is 0 Å². The predicted molar refractivity (Wildman–Crippen MR) is 111 cm³/mol. The molecule has 3 aromatic rings. The van der Waals surface area contributed by atoms with Crippen molar-refractivity contribution in [3.8, 4) is 0 Å². The number of nitrogens with zero attached hydrogens (tertiary/aromatic N) is 2. The number of aromatic nitrogens is 1. The minimum Gasteiger partial charge on any atom is -0.348 e. The van der Waals surface area contributed by atoms with E-state index in [0.717, 1.165) is 16.9 Å². The molecule has 0 aliphatic rings. The number of amides is 1. The highest BCUT2D eigenvalue weighted by atomic mass is 35.5. The van der Waals surface area contributed by atoms with Crippen molar-refractivity contribution in [3.63, 3.8) is 0 Å². The van der Waals surface area contributed by atoms with Gasteiger partial charge in [0.2, 0.25) is 5.91 Å². The number of halogens is 2. The number of pyridine rings is 1. The summed E-state index contributed by atoms with van der Waals surface area (Å²) < 4.78 is 0. The van der Waals surface area contributed by atoms with Crippen molar-refractivity contribution < 1.29 is 4.79 Å². The second-order valence-corrected chi connectivity index (χ2v) is 6.86. The largest absolute Gasteiger partial charge is 0.348 e. The fourth-order valence-corrected chi connectivity index (χ4v) is 3.45. The van der Waals surface area contributed by atoms with Crippen molar-refractivity contribution in [2.24, 2.45) is 0 Å². The van der Waals surface area contributed by atoms with Crippen LogP contribution in [-0.4, -0.2) is 17.4 Å². The smallest absolute Gasteiger partial charge is 0.217 e. The number of hydrogen-bond acceptors (Lipinski definition) is 3. The fourth-order valence-electron chi connectivity index (χ4n) is 2.94. The Bertz CT molecular complexity index is 918. The molecule has 0 fully saturated rings. The summed E-state index contributed by atoms with van der Waals surface area (Å²) in [6.07, 6.45) is 3.45. The highest BCUT2D eigenvalue weighted by Crippen LogP contribution is 2.34. The Morgan fingerprint density at radius 3 is 2.26 bits per heavy atom. The van der Waals surface area contributed by atoms with E-state index >= 15 is 0 Å². The third-order valence-corrected chi connectivity index (χ3v) is 4.80. The number of carbonyl (C=O) groups is 1. The maximum absolute atomic E-state index is 11.9. The molecule has 0 aliphatic carbocycles. The minimum absolute atomic E-state index is 0.131. The zero-order valence-electron chi connectivity index (χ0n) is 14.8. The first kappa shape index (κ1) is 19.2. The van der Waals surface area contributed by atoms with Crippen LogP contribution < -0.4 is 10.2 Å². The van der Waals surface area contributed by atoms with E-state index in [9.17, 15) is 4.79 Å². The molecule has 1 atom stereocenters. The van der Waals surface area contributed by atoms with Gasteiger partial charge in [-0.2, -0.15) is 0 Å². The van der Waals surface area contributed by atoms with Crippen LogP contribution in [-0.2, 0) is 4.79 Å². The van der Waals surface area contributed by atoms with Gasteiger partial charge in [0.1, 0.15) is 0 Å². The zero-order chi connectivity index (χ0) is 19.2. The average molecular weight is 400 g/mol. The van der Waals surface area contributed by atoms with Gasteiger partial charge in [-0.15, -0.1) is 0 Å². The molecule has 27 heavy (non-hydrogen) atoms. The van der Waals surface area contributed by atoms with E-state index in [2.05, 4.69) is 10.3 Å². The van der Waals surface area contributed by atoms with Crippen LogP contribution in [0, 0.1) is 0 Å². The first-order valence-corrected chi connectivity index (χ1v) is 9.25. The molecule has 4 nitrogen and oxygen atoms in total. The summed E-state index contributed by atoms with van der Waals surface area (Å²) in [5, 5.41) is 4.23. The van der Waals surface area contributed by atoms with Gasteiger partial charge in [0.25, 0.3) is 0 Å². The molecule has 2 aromatic carbocycles. The molecule has 1 heterocycles. The summed E-state index contributed by atoms with van der Waals surface area (Å²) in [5.41, 5.74) is 2.61. The quantitative estimate of drug-likeness (QED) is 0.602. The molecule has 0 spiro atoms. The SMILES string of the molecule is CC(=O)NC(CN(c1ccncc1)c1ccccc1Cl)c1ccccc1Cl. The predicted octanol–water partition coefficient (Wildman–Crippen LogP) is 5.40. The zero-order valence-corrected chi connectivity index (χ0v) is 16.3. The minimum atomic E-state index is -0.319. The maximum atomic E-state index is 11.9. The Balaban J connectivity index is 2.04. The standard InChI is InChI=1S/C21H19Cl2N3O/c1-15(27)25-20(17-6-2-3-7-18(17)22)14-26(16-10-12-24-13-11-16)21-9-5-4-8-19(21)23/h2-13,20H,14H2,1H3,(H,25,27). The number of nitrogens with one attached hydrogen (secondary N) is 1. The molecule has 0 radical (unpaired) electrons. The summed E-state index contributed by atoms with van der Waals surface area (Å²) in [5.74, 6) is -0.131. The number of anilines is 2. The number of hydrogen-bond donors (Lipinski definition) is 1. The molecule has 138 valence electrons. The Labute approximate surface area is 168 Å². The molecule has 0 bridgehead atoms. The number of carbonyl (C=O) groups excluding carboxylic acids is 1. The molecular formula is C21H19Cl2N3O. The van der Waals surface area contributed by atoms with Crippen LogP contribution in [0.25, 0.3) is 0 Å². The summed E-state index contributed by atoms with van der Waals surface area (Å²) in [7, 11) is 0. The second kappa shape index (κ2) is 8.89. The second-order valence-electron chi connectivity index (χ2n) is 6.04. The number of para-hydroxylation sites is 1. The van der Waals surface area contributed by atoms with Crippen LogP contribution in [0.4, 0.5) is 11.4 Å². The third kappa shape index (κ3) is 4.79. The Hall–Kier alpha value is -2.56. The summed E-state index contributed by atoms with van der Waals surface area (Å²) in [6.45, 7) is 1.95. The highest BCUT2D eigenvalue weighted by molar-refractivity contribution is 6.33. The normalized spacial score (nSPS) is 11.7. The molecule has 0 aliphatic heterocycles. The summed E-state index contributed by atoms with van der Waals surface area (Å²) in [4.78, 5) is 18.0. The average Bonchev–Trinajstić information content (AvgIpc) is 2.67. The van der Waals surface area contributed by atoms with Crippen LogP contribution in [0.3, 0.4) is 0 Å². The van der Waals surface area contributed by atoms with Crippen LogP contribution in [0.15, 0.2) is 73.1 Å². The Morgan fingerprint density at radius 1 is 1.00 bits per heavy atom. The summed E-state index contributed by atoms with van der Waals surface area (Å²) in [6, 6.07) is 18.6. The van der Waals surface area contributed by atoms with Gasteiger partial charge in [0.05, 0.1) is 16.8 Å². The van der Waals surface area contributed by atoms with Crippen LogP contribution in [0.5, 0.6) is 0 Å². The van der Waals surface area contributed by atoms with Crippen molar-refractivity contribution >= 4 is 40.5 Å². The molecule has 0 saturated heterocycles. The molecule has 6 heteroatoms. The van der Waals surface area contributed by atoms with E-state index in [0.29, 0.717) is 16.6 Å². The Kier molecular flexibility index (Phi) is 6.32. The lowest BCUT2D eigenvalue weighted by Crippen LogP contribution is -2.35. The van der Waals surface area contributed by atoms with Crippen LogP contribution >= 0.6 is 23.2 Å². The first-order valence-electron chi connectivity index (χ1n) is 8.50. The molecule has 1 N–H and O–H groups in total. The van der Waals surface area contributed by atoms with Gasteiger partial charge in [-0.3, -0.25) is 9.78 Å². The van der Waals surface area contributed by atoms with Crippen molar-refractivity contribution in [3.05, 3.63) is 88.7 Å². The van der Waals surface area contributed by atoms with Crippen molar-refractivity contribution in [1.29, 1.82) is 0 Å². The third-order valence-electron chi connectivity index (χ3n) is 4.14. The number of benzene rings is 2. The van der Waals surface area contributed by atoms with Crippen molar-refractivity contribution in [2.75, 3.05) is 11.4 Å². The molecule has 3 rings (SSSR count). The van der Waals surface area contributed by atoms with Gasteiger partial charge in [-0.1, -0.05) is 53.5 Å². The lowest BCUT2D eigenvalue weighted by atomic mass is 10.1. The number of rotatable bonds is 6. The lowest BCUT2D eigenvalue weighted by Gasteiger charge is -2.31. The molecule has 1 amide bonds. The van der Waals surface area contributed by atoms with E-state index < -0.39 is 0 Å². The Morgan fingerprint density at radius 2 is 1.63 bits per heavy atom. The van der Waals surface area contributed by atoms with Crippen molar-refractivity contribution in [1.82, 2.24) is 10.3 Å². The summed E-state index contributed by atoms with van der Waals surface area (Å²) >= 11 is 12.9. The van der Waals surface area contributed by atoms with Gasteiger partial charge < -0.3 is 10.2 Å². The maximum Gasteiger partial charge on any atom is 0.217 e. The van der Waals surface area contributed by atoms with Crippen LogP contribution in [0.1, 0.15) is 18.5 Å². The van der Waals surface area contributed by atoms with E-state index in [1.165, 1.54) is 6.92 Å². The van der Waals surface area contributed by atoms with Gasteiger partial charge in [0.15, 0.2) is 0 Å². The van der Waals surface area contributed by atoms with E-state index in [1.54, 1.807) is 12.4 Å². The molecule has 1 unspecified atom stereocenters. The van der Waals surface area contributed by atoms with E-state index in [-0.39, 0.29) is 11.9 Å².